The number of hydrogen-bond donors (Lipinski definition) is 0. The number of rotatable bonds is 7. The van der Waals surface area contributed by atoms with Crippen LogP contribution >= 0.6 is 11.6 Å². The van der Waals surface area contributed by atoms with E-state index in [1.807, 2.05) is 0 Å². The van der Waals surface area contributed by atoms with E-state index in [0.29, 0.717) is 0 Å². The molecular weight excluding hydrogens is 423 g/mol. The fraction of sp³-hybridized carbons (Fsp3) is 0.444. The van der Waals surface area contributed by atoms with Crippen molar-refractivity contribution in [3.8, 4) is 17.0 Å². The van der Waals surface area contributed by atoms with Crippen molar-refractivity contribution in [2.75, 3.05) is 6.61 Å². The van der Waals surface area contributed by atoms with Crippen molar-refractivity contribution in [3.63, 3.8) is 0 Å². The Morgan fingerprint density at radius 1 is 1.31 bits per heavy atom. The number of carbonyl (C=O) groups excluding carboxylic acids is 1. The topological polar surface area (TPSA) is 53.3 Å². The van der Waals surface area contributed by atoms with Crippen molar-refractivity contribution in [1.29, 1.82) is 0 Å². The number of hydrogen-bond acceptors (Lipinski definition) is 4. The van der Waals surface area contributed by atoms with Crippen molar-refractivity contribution in [1.82, 2.24) is 9.78 Å². The first-order valence-electron chi connectivity index (χ1n) is 8.50. The van der Waals surface area contributed by atoms with Crippen LogP contribution in [-0.2, 0) is 18.2 Å². The van der Waals surface area contributed by atoms with Gasteiger partial charge in [-0.05, 0) is 31.0 Å². The van der Waals surface area contributed by atoms with Crippen molar-refractivity contribution in [2.45, 2.75) is 33.1 Å². The monoisotopic (exact) mass is 440 g/mol. The zero-order valence-corrected chi connectivity index (χ0v) is 16.4. The van der Waals surface area contributed by atoms with E-state index in [1.165, 1.54) is 23.9 Å². The summed E-state index contributed by atoms with van der Waals surface area (Å²) in [6.45, 7) is -0.566. The molecule has 0 spiro atoms. The van der Waals surface area contributed by atoms with Crippen LogP contribution in [0.5, 0.6) is 5.75 Å². The quantitative estimate of drug-likeness (QED) is 0.435. The van der Waals surface area contributed by atoms with Gasteiger partial charge in [0.25, 0.3) is 0 Å². The molecule has 0 fully saturated rings. The Morgan fingerprint density at radius 3 is 2.52 bits per heavy atom. The lowest BCUT2D eigenvalue weighted by Gasteiger charge is -2.17. The summed E-state index contributed by atoms with van der Waals surface area (Å²) in [5.41, 5.74) is 0.0620. The lowest BCUT2D eigenvalue weighted by atomic mass is 9.98. The van der Waals surface area contributed by atoms with E-state index in [9.17, 15) is 26.7 Å². The third kappa shape index (κ3) is 5.37. The summed E-state index contributed by atoms with van der Waals surface area (Å²) < 4.78 is 74.8. The predicted octanol–water partition coefficient (Wildman–Crippen LogP) is 5.26. The highest BCUT2D eigenvalue weighted by molar-refractivity contribution is 6.35. The van der Waals surface area contributed by atoms with E-state index < -0.39 is 31.1 Å². The normalized spacial score (nSPS) is 12.9. The first-order valence-corrected chi connectivity index (χ1v) is 8.87. The number of aromatic nitrogens is 2. The van der Waals surface area contributed by atoms with Crippen LogP contribution in [0, 0.1) is 5.92 Å². The molecule has 0 bridgehead atoms. The number of esters is 1. The van der Waals surface area contributed by atoms with Gasteiger partial charge in [-0.25, -0.2) is 4.79 Å². The van der Waals surface area contributed by atoms with Crippen LogP contribution in [0.4, 0.5) is 22.0 Å². The molecule has 2 rings (SSSR count). The zero-order chi connectivity index (χ0) is 21.9. The van der Waals surface area contributed by atoms with Crippen LogP contribution in [0.3, 0.4) is 0 Å². The van der Waals surface area contributed by atoms with Crippen molar-refractivity contribution < 1.29 is 36.2 Å². The molecule has 29 heavy (non-hydrogen) atoms. The van der Waals surface area contributed by atoms with Crippen molar-refractivity contribution in [3.05, 3.63) is 34.5 Å². The minimum Gasteiger partial charge on any atom is -0.461 e. The molecule has 0 amide bonds. The minimum absolute atomic E-state index is 0.0456. The van der Waals surface area contributed by atoms with E-state index in [1.54, 1.807) is 6.92 Å². The standard InChI is InChI=1S/C18H18ClF5N2O3/c1-4-28-16(27)14-13(19)15(26(3)25-14)11-6-5-10(7-9(2)18(22,23)24)8-12(11)29-17(20)21/h5-6,8-9,17H,4,7H2,1-3H3/t9-/m1/s1. The van der Waals surface area contributed by atoms with Gasteiger partial charge in [0.05, 0.1) is 18.2 Å². The van der Waals surface area contributed by atoms with Crippen LogP contribution < -0.4 is 4.74 Å². The molecule has 1 heterocycles. The second-order valence-electron chi connectivity index (χ2n) is 6.21. The van der Waals surface area contributed by atoms with Gasteiger partial charge in [-0.2, -0.15) is 27.1 Å². The zero-order valence-electron chi connectivity index (χ0n) is 15.7. The molecule has 1 atom stereocenters. The Balaban J connectivity index is 2.51. The Kier molecular flexibility index (Phi) is 7.10. The van der Waals surface area contributed by atoms with Gasteiger partial charge >= 0.3 is 18.8 Å². The first kappa shape index (κ1) is 22.9. The molecule has 5 nitrogen and oxygen atoms in total. The van der Waals surface area contributed by atoms with E-state index in [4.69, 9.17) is 16.3 Å². The molecule has 0 aliphatic heterocycles. The molecule has 1 aromatic carbocycles. The van der Waals surface area contributed by atoms with E-state index in [0.717, 1.165) is 13.0 Å². The minimum atomic E-state index is -4.43. The predicted molar refractivity (Wildman–Crippen MR) is 95.2 cm³/mol. The summed E-state index contributed by atoms with van der Waals surface area (Å²) in [5.74, 6) is -2.86. The Hall–Kier alpha value is -2.36. The number of ether oxygens (including phenoxy) is 2. The summed E-state index contributed by atoms with van der Waals surface area (Å²) >= 11 is 6.21. The van der Waals surface area contributed by atoms with Gasteiger partial charge in [-0.1, -0.05) is 24.6 Å². The molecule has 0 unspecified atom stereocenters. The third-order valence-electron chi connectivity index (χ3n) is 4.08. The molecule has 0 radical (unpaired) electrons. The molecule has 160 valence electrons. The van der Waals surface area contributed by atoms with Gasteiger partial charge in [0.2, 0.25) is 0 Å². The smallest absolute Gasteiger partial charge is 0.391 e. The van der Waals surface area contributed by atoms with Crippen LogP contribution in [0.25, 0.3) is 11.3 Å². The number of alkyl halides is 5. The number of aryl methyl sites for hydroxylation is 1. The number of nitrogens with zero attached hydrogens (tertiary/aromatic N) is 2. The molecule has 0 aliphatic carbocycles. The third-order valence-corrected chi connectivity index (χ3v) is 4.43. The second kappa shape index (κ2) is 8.98. The number of halogens is 6. The van der Waals surface area contributed by atoms with Gasteiger partial charge in [-0.3, -0.25) is 4.68 Å². The fourth-order valence-electron chi connectivity index (χ4n) is 2.67. The van der Waals surface area contributed by atoms with Crippen LogP contribution in [-0.4, -0.2) is 35.1 Å². The second-order valence-corrected chi connectivity index (χ2v) is 6.59. The summed E-state index contributed by atoms with van der Waals surface area (Å²) in [7, 11) is 1.43. The SMILES string of the molecule is CCOC(=O)c1nn(C)c(-c2ccc(C[C@@H](C)C(F)(F)F)cc2OC(F)F)c1Cl. The molecule has 1 aromatic heterocycles. The summed E-state index contributed by atoms with van der Waals surface area (Å²) in [6.07, 6.45) is -4.85. The lowest BCUT2D eigenvalue weighted by Crippen LogP contribution is -2.21. The summed E-state index contributed by atoms with van der Waals surface area (Å²) in [5, 5.41) is 3.80. The lowest BCUT2D eigenvalue weighted by molar-refractivity contribution is -0.169. The van der Waals surface area contributed by atoms with Gasteiger partial charge in [0.1, 0.15) is 10.8 Å². The maximum Gasteiger partial charge on any atom is 0.391 e. The van der Waals surface area contributed by atoms with E-state index in [-0.39, 0.29) is 39.9 Å². The van der Waals surface area contributed by atoms with E-state index >= 15 is 0 Å². The molecule has 0 saturated carbocycles. The number of carbonyl (C=O) groups is 1. The van der Waals surface area contributed by atoms with Crippen molar-refractivity contribution in [2.24, 2.45) is 13.0 Å². The average Bonchev–Trinajstić information content (AvgIpc) is 2.89. The van der Waals surface area contributed by atoms with Crippen molar-refractivity contribution >= 4 is 17.6 Å². The average molecular weight is 441 g/mol. The molecule has 0 N–H and O–H groups in total. The molecule has 11 heteroatoms. The largest absolute Gasteiger partial charge is 0.461 e. The maximum absolute atomic E-state index is 12.9. The molecule has 0 aliphatic rings. The maximum atomic E-state index is 12.9. The number of benzene rings is 1. The Bertz CT molecular complexity index is 883. The molecular formula is C18H18ClF5N2O3. The van der Waals surface area contributed by atoms with Crippen LogP contribution in [0.15, 0.2) is 18.2 Å². The Morgan fingerprint density at radius 2 is 1.97 bits per heavy atom. The van der Waals surface area contributed by atoms with Gasteiger partial charge < -0.3 is 9.47 Å². The Labute approximate surface area is 168 Å². The summed E-state index contributed by atoms with van der Waals surface area (Å²) in [6, 6.07) is 3.74. The fourth-order valence-corrected chi connectivity index (χ4v) is 3.01. The summed E-state index contributed by atoms with van der Waals surface area (Å²) in [4.78, 5) is 12.0. The highest BCUT2D eigenvalue weighted by Gasteiger charge is 2.36. The molecule has 2 aromatic rings. The highest BCUT2D eigenvalue weighted by Crippen LogP contribution is 2.39. The highest BCUT2D eigenvalue weighted by atomic mass is 35.5. The van der Waals surface area contributed by atoms with Gasteiger partial charge in [-0.15, -0.1) is 0 Å². The van der Waals surface area contributed by atoms with Crippen LogP contribution in [0.1, 0.15) is 29.9 Å². The first-order chi connectivity index (χ1) is 13.5. The molecule has 0 saturated heterocycles. The van der Waals surface area contributed by atoms with E-state index in [2.05, 4.69) is 9.84 Å². The van der Waals surface area contributed by atoms with Gasteiger partial charge in [0, 0.05) is 12.6 Å². The van der Waals surface area contributed by atoms with Gasteiger partial charge in [0.15, 0.2) is 5.69 Å². The van der Waals surface area contributed by atoms with Crippen LogP contribution in [0.2, 0.25) is 5.02 Å².